The fraction of sp³-hybridized carbons (Fsp3) is 0.907. The van der Waals surface area contributed by atoms with Crippen LogP contribution in [0.3, 0.4) is 0 Å². The summed E-state index contributed by atoms with van der Waals surface area (Å²) in [5.41, 5.74) is -9.25. The lowest BCUT2D eigenvalue weighted by atomic mass is 9.45. The molecule has 21 aliphatic rings. The standard InChI is InChI=1S/C30H46O4.C24H38O5.C22H34O5.C21H34O4/c1-6-26(2,3)24(31)34-30-16-22-10-23(17-30)12-28(11-22,18-30)25(32)33-27(4,5)29-13-19-7-20(14-29)9-21(8-19)15-29;1-5-20(3,4)18(25)28-24-13-17-11-21(15-24,14-22(27,12-17)16-24)19(26)29-23(6-2)9-7-8-10-23;1-7-19(3,4)17(24)27-22-11-14-9-21(13-22,10-15(12-22)16(14)23)18(25)26-20(5,6)8-2;1-7-19(5,6)16(22)25-21-11-14-8-15(12-21)10-20(9-14,13-21)17(23)24-18(2,3)4/h19-23H,6-18H2,1-5H3;17,27H,5-16H2,1-4H3;14-15H,7-13H2,1-6H3;14-15H,7-13H2,1-6H3. The van der Waals surface area contributed by atoms with Gasteiger partial charge in [-0.2, -0.15) is 0 Å². The number of ether oxygens (including phenoxy) is 8. The second-order valence-electron chi connectivity index (χ2n) is 47.5. The molecule has 0 heterocycles. The molecule has 18 heteroatoms. The quantitative estimate of drug-likeness (QED) is 0.0781. The molecule has 0 spiro atoms. The van der Waals surface area contributed by atoms with Crippen molar-refractivity contribution in [1.82, 2.24) is 0 Å². The van der Waals surface area contributed by atoms with Crippen LogP contribution in [0.5, 0.6) is 0 Å². The van der Waals surface area contributed by atoms with Crippen molar-refractivity contribution in [2.75, 3.05) is 0 Å². The molecular weight excluding hydrogens is 1450 g/mol. The van der Waals surface area contributed by atoms with E-state index < -0.39 is 88.1 Å². The normalized spacial score (nSPS) is 40.2. The lowest BCUT2D eigenvalue weighted by Gasteiger charge is -2.63. The molecule has 10 atom stereocenters. The van der Waals surface area contributed by atoms with Crippen LogP contribution in [0.15, 0.2) is 0 Å². The molecule has 0 amide bonds. The number of esters is 8. The Morgan fingerprint density at radius 2 is 0.678 bits per heavy atom. The molecule has 648 valence electrons. The number of hydrogen-bond donors (Lipinski definition) is 1. The Hall–Kier alpha value is -4.61. The van der Waals surface area contributed by atoms with E-state index in [0.29, 0.717) is 107 Å². The highest BCUT2D eigenvalue weighted by Gasteiger charge is 2.72. The van der Waals surface area contributed by atoms with E-state index in [2.05, 4.69) is 20.8 Å². The topological polar surface area (TPSA) is 248 Å². The summed E-state index contributed by atoms with van der Waals surface area (Å²) in [7, 11) is 0. The van der Waals surface area contributed by atoms with E-state index in [1.54, 1.807) is 0 Å². The minimum Gasteiger partial charge on any atom is -0.460 e. The first kappa shape index (κ1) is 88.2. The Labute approximate surface area is 690 Å². The van der Waals surface area contributed by atoms with Crippen molar-refractivity contribution in [2.24, 2.45) is 108 Å². The second kappa shape index (κ2) is 29.9. The lowest BCUT2D eigenvalue weighted by Crippen LogP contribution is -2.67. The van der Waals surface area contributed by atoms with E-state index in [9.17, 15) is 48.3 Å². The number of rotatable bonds is 22. The molecule has 115 heavy (non-hydrogen) atoms. The number of ketones is 1. The molecule has 1 N–H and O–H groups in total. The minimum absolute atomic E-state index is 0.0255. The fourth-order valence-electron chi connectivity index (χ4n) is 27.7. The van der Waals surface area contributed by atoms with Crippen molar-refractivity contribution < 1.29 is 86.2 Å². The molecule has 0 aromatic rings. The Morgan fingerprint density at radius 3 is 1.05 bits per heavy atom. The Bertz CT molecular complexity index is 3670. The van der Waals surface area contributed by atoms with Gasteiger partial charge in [0.05, 0.1) is 48.9 Å². The highest BCUT2D eigenvalue weighted by atomic mass is 16.6. The van der Waals surface area contributed by atoms with Gasteiger partial charge in [-0.3, -0.25) is 43.2 Å². The largest absolute Gasteiger partial charge is 0.460 e. The number of aliphatic hydroxyl groups is 1. The molecule has 21 rings (SSSR count). The summed E-state index contributed by atoms with van der Waals surface area (Å²) in [6.45, 7) is 41.6. The van der Waals surface area contributed by atoms with E-state index in [1.807, 2.05) is 125 Å². The van der Waals surface area contributed by atoms with Crippen molar-refractivity contribution in [3.63, 3.8) is 0 Å². The summed E-state index contributed by atoms with van der Waals surface area (Å²) in [4.78, 5) is 118. The van der Waals surface area contributed by atoms with E-state index in [1.165, 1.54) is 51.4 Å². The maximum absolute atomic E-state index is 14.1. The van der Waals surface area contributed by atoms with Gasteiger partial charge in [0.15, 0.2) is 0 Å². The van der Waals surface area contributed by atoms with Crippen LogP contribution in [0.1, 0.15) is 396 Å². The van der Waals surface area contributed by atoms with Gasteiger partial charge < -0.3 is 43.0 Å². The second-order valence-corrected chi connectivity index (χ2v) is 47.5. The van der Waals surface area contributed by atoms with E-state index >= 15 is 0 Å². The molecule has 18 nitrogen and oxygen atoms in total. The molecule has 21 saturated carbocycles. The SMILES string of the molecule is CCC(C)(C)C(=O)OC12CC3CC(C1)CC(C(=O)OC(C)(C)C)(C3)C2.CCC(C)(C)C(=O)OC12CC3CC(C1)CC(C(=O)OC(C)(C)C14CC5CC(CC(C5)C1)C4)(C3)C2.CCC(C)(C)OC(=O)C12CC3CC(OC(=O)C(C)(C)CC)(CC(C1)C3=O)C2.CCC1(OC(=O)C23CC4CC(O)(CC(OC(=O)C(C)(C)CC)(C4)C2)C3)CCCC1. The van der Waals surface area contributed by atoms with Gasteiger partial charge in [0.2, 0.25) is 0 Å². The van der Waals surface area contributed by atoms with Gasteiger partial charge in [-0.25, -0.2) is 0 Å². The third-order valence-corrected chi connectivity index (χ3v) is 34.4. The summed E-state index contributed by atoms with van der Waals surface area (Å²) < 4.78 is 49.3. The van der Waals surface area contributed by atoms with Crippen LogP contribution in [-0.4, -0.2) is 109 Å². The third kappa shape index (κ3) is 16.9. The number of Topliss-reactive ketones (excluding diaryl/α,β-unsaturated/α-hetero) is 1. The molecule has 0 radical (unpaired) electrons. The molecule has 0 aliphatic heterocycles. The van der Waals surface area contributed by atoms with Crippen LogP contribution in [-0.2, 0) is 81.0 Å². The average molecular weight is 1610 g/mol. The van der Waals surface area contributed by atoms with E-state index in [4.69, 9.17) is 37.9 Å². The zero-order valence-electron chi connectivity index (χ0n) is 75.2. The summed E-state index contributed by atoms with van der Waals surface area (Å²) in [6, 6.07) is 0. The molecule has 21 fully saturated rings. The molecule has 0 aromatic carbocycles. The van der Waals surface area contributed by atoms with Crippen LogP contribution in [0, 0.1) is 108 Å². The van der Waals surface area contributed by atoms with Crippen molar-refractivity contribution >= 4 is 53.5 Å². The first-order valence-electron chi connectivity index (χ1n) is 46.3. The highest BCUT2D eigenvalue weighted by molar-refractivity contribution is 5.91. The van der Waals surface area contributed by atoms with Crippen molar-refractivity contribution in [3.05, 3.63) is 0 Å². The van der Waals surface area contributed by atoms with Gasteiger partial charge in [-0.15, -0.1) is 0 Å². The maximum atomic E-state index is 14.1. The fourth-order valence-corrected chi connectivity index (χ4v) is 27.7. The van der Waals surface area contributed by atoms with Gasteiger partial charge >= 0.3 is 47.8 Å². The third-order valence-electron chi connectivity index (χ3n) is 34.4. The predicted octanol–water partition coefficient (Wildman–Crippen LogP) is 20.4. The summed E-state index contributed by atoms with van der Waals surface area (Å²) in [5.74, 6) is 3.44. The minimum atomic E-state index is -0.926. The zero-order chi connectivity index (χ0) is 84.2. The smallest absolute Gasteiger partial charge is 0.312 e. The average Bonchev–Trinajstić information content (AvgIpc) is 0.949. The molecular formula is C97H152O18. The maximum Gasteiger partial charge on any atom is 0.312 e. The molecule has 20 bridgehead atoms. The summed E-state index contributed by atoms with van der Waals surface area (Å²) in [6.07, 6.45) is 33.8. The zero-order valence-corrected chi connectivity index (χ0v) is 75.2. The van der Waals surface area contributed by atoms with Crippen molar-refractivity contribution in [3.8, 4) is 0 Å². The molecule has 21 aliphatic carbocycles. The van der Waals surface area contributed by atoms with Crippen molar-refractivity contribution in [2.45, 2.75) is 446 Å². The summed E-state index contributed by atoms with van der Waals surface area (Å²) in [5, 5.41) is 11.3. The Morgan fingerprint density at radius 1 is 0.339 bits per heavy atom. The van der Waals surface area contributed by atoms with Crippen LogP contribution >= 0.6 is 0 Å². The predicted molar refractivity (Wildman–Crippen MR) is 437 cm³/mol. The monoisotopic (exact) mass is 1610 g/mol. The first-order valence-corrected chi connectivity index (χ1v) is 46.3. The first-order chi connectivity index (χ1) is 53.1. The van der Waals surface area contributed by atoms with Gasteiger partial charge in [-0.1, -0.05) is 41.5 Å². The van der Waals surface area contributed by atoms with Crippen LogP contribution < -0.4 is 0 Å². The number of hydrogen-bond acceptors (Lipinski definition) is 18. The Balaban J connectivity index is 0.000000135. The van der Waals surface area contributed by atoms with Crippen LogP contribution in [0.25, 0.3) is 0 Å². The number of carbonyl (C=O) groups is 9. The van der Waals surface area contributed by atoms with Crippen LogP contribution in [0.2, 0.25) is 0 Å². The van der Waals surface area contributed by atoms with Crippen LogP contribution in [0.4, 0.5) is 0 Å². The molecule has 10 unspecified atom stereocenters. The van der Waals surface area contributed by atoms with Gasteiger partial charge in [0.25, 0.3) is 0 Å². The lowest BCUT2D eigenvalue weighted by molar-refractivity contribution is -0.254. The number of carbonyl (C=O) groups excluding carboxylic acids is 9. The van der Waals surface area contributed by atoms with Crippen molar-refractivity contribution in [1.29, 1.82) is 0 Å². The van der Waals surface area contributed by atoms with E-state index in [0.717, 1.165) is 133 Å². The molecule has 0 saturated heterocycles. The molecule has 0 aromatic heterocycles. The van der Waals surface area contributed by atoms with Gasteiger partial charge in [0, 0.05) is 49.4 Å². The summed E-state index contributed by atoms with van der Waals surface area (Å²) >= 11 is 0. The highest BCUT2D eigenvalue weighted by Crippen LogP contribution is 2.70. The van der Waals surface area contributed by atoms with Gasteiger partial charge in [-0.05, 0) is 370 Å². The van der Waals surface area contributed by atoms with Gasteiger partial charge in [0.1, 0.15) is 50.6 Å². The Kier molecular flexibility index (Phi) is 22.9. The van der Waals surface area contributed by atoms with E-state index in [-0.39, 0.29) is 82.3 Å².